The van der Waals surface area contributed by atoms with Gasteiger partial charge in [0.1, 0.15) is 11.6 Å². The molecule has 0 aliphatic heterocycles. The van der Waals surface area contributed by atoms with Crippen molar-refractivity contribution < 1.29 is 22.1 Å². The third-order valence-electron chi connectivity index (χ3n) is 3.00. The molecule has 0 atom stereocenters. The minimum Gasteiger partial charge on any atom is -0.490 e. The van der Waals surface area contributed by atoms with Crippen molar-refractivity contribution in [3.05, 3.63) is 29.3 Å². The first-order valence-electron chi connectivity index (χ1n) is 7.73. The third kappa shape index (κ3) is 6.22. The van der Waals surface area contributed by atoms with Gasteiger partial charge in [-0.15, -0.1) is 0 Å². The Morgan fingerprint density at radius 3 is 2.75 bits per heavy atom. The Morgan fingerprint density at radius 2 is 2.18 bits per heavy atom. The summed E-state index contributed by atoms with van der Waals surface area (Å²) >= 11 is 2.34. The molecule has 0 radical (unpaired) electrons. The lowest BCUT2D eigenvalue weighted by Gasteiger charge is -2.11. The molecule has 1 amide bonds. The van der Waals surface area contributed by atoms with Gasteiger partial charge < -0.3 is 8.92 Å². The molecular weight excluding hydrogens is 424 g/mol. The topological polar surface area (TPSA) is 131 Å². The highest BCUT2D eigenvalue weighted by molar-refractivity contribution is 7.98. The van der Waals surface area contributed by atoms with Gasteiger partial charge in [0.05, 0.1) is 12.9 Å². The van der Waals surface area contributed by atoms with Gasteiger partial charge in [-0.1, -0.05) is 17.8 Å². The zero-order valence-electron chi connectivity index (χ0n) is 15.1. The molecular formula is C16H16N4O5S3. The first kappa shape index (κ1) is 21.7. The Bertz CT molecular complexity index is 1040. The Morgan fingerprint density at radius 1 is 1.43 bits per heavy atom. The monoisotopic (exact) mass is 440 g/mol. The molecule has 0 aliphatic rings. The van der Waals surface area contributed by atoms with E-state index in [-0.39, 0.29) is 28.8 Å². The lowest BCUT2D eigenvalue weighted by atomic mass is 10.1. The molecule has 28 heavy (non-hydrogen) atoms. The van der Waals surface area contributed by atoms with E-state index in [0.29, 0.717) is 10.7 Å². The summed E-state index contributed by atoms with van der Waals surface area (Å²) in [6.07, 6.45) is 4.07. The van der Waals surface area contributed by atoms with Crippen LogP contribution in [0.25, 0.3) is 6.08 Å². The molecule has 1 aromatic heterocycles. The zero-order chi connectivity index (χ0) is 20.7. The van der Waals surface area contributed by atoms with Crippen molar-refractivity contribution >= 4 is 50.5 Å². The third-order valence-corrected chi connectivity index (χ3v) is 4.77. The number of hydrogen-bond acceptors (Lipinski definition) is 10. The van der Waals surface area contributed by atoms with E-state index in [1.807, 2.05) is 6.07 Å². The van der Waals surface area contributed by atoms with E-state index < -0.39 is 16.0 Å². The number of nitrogens with one attached hydrogen (secondary N) is 1. The number of amides is 1. The van der Waals surface area contributed by atoms with Crippen molar-refractivity contribution in [3.63, 3.8) is 0 Å². The number of benzene rings is 1. The SMILES string of the molecule is CCOc1cc(/C=C(/C#N)C(=O)Nc2nc(SC)ns2)ccc1OS(C)(=O)=O. The van der Waals surface area contributed by atoms with Gasteiger partial charge >= 0.3 is 10.1 Å². The van der Waals surface area contributed by atoms with Crippen LogP contribution >= 0.6 is 23.3 Å². The molecule has 148 valence electrons. The van der Waals surface area contributed by atoms with Crippen molar-refractivity contribution in [2.75, 3.05) is 24.4 Å². The van der Waals surface area contributed by atoms with E-state index in [4.69, 9.17) is 8.92 Å². The highest BCUT2D eigenvalue weighted by Gasteiger charge is 2.15. The van der Waals surface area contributed by atoms with Gasteiger partial charge in [0, 0.05) is 11.5 Å². The molecule has 1 heterocycles. The summed E-state index contributed by atoms with van der Waals surface area (Å²) in [6, 6.07) is 6.20. The molecule has 1 aromatic carbocycles. The maximum absolute atomic E-state index is 12.3. The van der Waals surface area contributed by atoms with E-state index in [0.717, 1.165) is 17.8 Å². The molecule has 0 aliphatic carbocycles. The number of thioether (sulfide) groups is 1. The largest absolute Gasteiger partial charge is 0.490 e. The van der Waals surface area contributed by atoms with Crippen molar-refractivity contribution in [2.45, 2.75) is 12.1 Å². The summed E-state index contributed by atoms with van der Waals surface area (Å²) in [5.74, 6) is -0.447. The van der Waals surface area contributed by atoms with E-state index in [1.54, 1.807) is 13.2 Å². The van der Waals surface area contributed by atoms with Gasteiger partial charge in [-0.25, -0.2) is 0 Å². The number of carbonyl (C=O) groups is 1. The average molecular weight is 441 g/mol. The number of nitrogens with zero attached hydrogens (tertiary/aromatic N) is 3. The van der Waals surface area contributed by atoms with Crippen molar-refractivity contribution in [1.82, 2.24) is 9.36 Å². The normalized spacial score (nSPS) is 11.6. The van der Waals surface area contributed by atoms with Gasteiger partial charge in [-0.05, 0) is 37.0 Å². The molecule has 0 unspecified atom stereocenters. The molecule has 0 saturated carbocycles. The van der Waals surface area contributed by atoms with Crippen LogP contribution in [0.1, 0.15) is 12.5 Å². The average Bonchev–Trinajstić information content (AvgIpc) is 3.08. The second kappa shape index (κ2) is 9.54. The van der Waals surface area contributed by atoms with Crippen molar-refractivity contribution in [3.8, 4) is 17.6 Å². The molecule has 2 aromatic rings. The zero-order valence-corrected chi connectivity index (χ0v) is 17.6. The van der Waals surface area contributed by atoms with Gasteiger partial charge in [0.15, 0.2) is 11.5 Å². The van der Waals surface area contributed by atoms with Crippen LogP contribution in [-0.2, 0) is 14.9 Å². The maximum Gasteiger partial charge on any atom is 0.306 e. The van der Waals surface area contributed by atoms with E-state index in [2.05, 4.69) is 14.7 Å². The standard InChI is InChI=1S/C16H16N4O5S3/c1-4-24-13-8-10(5-6-12(13)25-28(3,22)23)7-11(9-17)14(21)18-15-19-16(26-2)20-27-15/h5-8H,4H2,1-3H3,(H,18,19,20,21)/b11-7-. The predicted octanol–water partition coefficient (Wildman–Crippen LogP) is 2.54. The molecule has 0 bridgehead atoms. The molecule has 0 saturated heterocycles. The Kier molecular flexibility index (Phi) is 7.38. The fraction of sp³-hybridized carbons (Fsp3) is 0.250. The Balaban J connectivity index is 2.28. The molecule has 1 N–H and O–H groups in total. The Labute approximate surface area is 170 Å². The molecule has 2 rings (SSSR count). The quantitative estimate of drug-likeness (QED) is 0.285. The second-order valence-electron chi connectivity index (χ2n) is 5.14. The van der Waals surface area contributed by atoms with E-state index in [1.165, 1.54) is 36.0 Å². The summed E-state index contributed by atoms with van der Waals surface area (Å²) in [5.41, 5.74) is 0.290. The number of ether oxygens (including phenoxy) is 1. The van der Waals surface area contributed by atoms with Crippen LogP contribution in [0.4, 0.5) is 5.13 Å². The number of anilines is 1. The minimum absolute atomic E-state index is 0.0166. The highest BCUT2D eigenvalue weighted by atomic mass is 32.2. The van der Waals surface area contributed by atoms with Crippen LogP contribution in [0.3, 0.4) is 0 Å². The maximum atomic E-state index is 12.3. The van der Waals surface area contributed by atoms with E-state index in [9.17, 15) is 18.5 Å². The van der Waals surface area contributed by atoms with Crippen LogP contribution in [-0.4, -0.2) is 42.8 Å². The van der Waals surface area contributed by atoms with Gasteiger partial charge in [0.25, 0.3) is 5.91 Å². The van der Waals surface area contributed by atoms with Crippen molar-refractivity contribution in [1.29, 1.82) is 5.26 Å². The predicted molar refractivity (Wildman–Crippen MR) is 107 cm³/mol. The van der Waals surface area contributed by atoms with E-state index >= 15 is 0 Å². The smallest absolute Gasteiger partial charge is 0.306 e. The number of hydrogen-bond donors (Lipinski definition) is 1. The van der Waals surface area contributed by atoms with Gasteiger partial charge in [-0.2, -0.15) is 23.0 Å². The number of rotatable bonds is 8. The van der Waals surface area contributed by atoms with Crippen LogP contribution < -0.4 is 14.2 Å². The number of carbonyl (C=O) groups excluding carboxylic acids is 1. The van der Waals surface area contributed by atoms with Crippen LogP contribution in [0.5, 0.6) is 11.5 Å². The molecule has 12 heteroatoms. The van der Waals surface area contributed by atoms with Gasteiger partial charge in [0.2, 0.25) is 10.3 Å². The first-order valence-corrected chi connectivity index (χ1v) is 11.5. The van der Waals surface area contributed by atoms with Crippen molar-refractivity contribution in [2.24, 2.45) is 0 Å². The summed E-state index contributed by atoms with van der Waals surface area (Å²) < 4.78 is 37.0. The summed E-state index contributed by atoms with van der Waals surface area (Å²) in [5, 5.41) is 12.6. The lowest BCUT2D eigenvalue weighted by Crippen LogP contribution is -2.13. The van der Waals surface area contributed by atoms with Gasteiger partial charge in [-0.3, -0.25) is 10.1 Å². The fourth-order valence-electron chi connectivity index (χ4n) is 1.94. The molecule has 0 spiro atoms. The molecule has 9 nitrogen and oxygen atoms in total. The first-order chi connectivity index (χ1) is 13.3. The lowest BCUT2D eigenvalue weighted by molar-refractivity contribution is -0.112. The number of aromatic nitrogens is 2. The van der Waals surface area contributed by atoms with Crippen LogP contribution in [0.2, 0.25) is 0 Å². The molecule has 0 fully saturated rings. The minimum atomic E-state index is -3.73. The summed E-state index contributed by atoms with van der Waals surface area (Å²) in [7, 11) is -3.73. The van der Waals surface area contributed by atoms with Crippen LogP contribution in [0, 0.1) is 11.3 Å². The summed E-state index contributed by atoms with van der Waals surface area (Å²) in [6.45, 7) is 2.00. The fourth-order valence-corrected chi connectivity index (χ4v) is 3.52. The summed E-state index contributed by atoms with van der Waals surface area (Å²) in [4.78, 5) is 16.4. The number of nitriles is 1. The van der Waals surface area contributed by atoms with Crippen LogP contribution in [0.15, 0.2) is 28.9 Å². The second-order valence-corrected chi connectivity index (χ2v) is 8.24. The Hall–Kier alpha value is -2.62. The highest BCUT2D eigenvalue weighted by Crippen LogP contribution is 2.30.